The van der Waals surface area contributed by atoms with Gasteiger partial charge in [0, 0.05) is 16.1 Å². The molecule has 1 fully saturated rings. The molecule has 2 heteroatoms. The van der Waals surface area contributed by atoms with Crippen molar-refractivity contribution >= 4 is 11.6 Å². The normalized spacial score (nSPS) is 20.1. The van der Waals surface area contributed by atoms with E-state index >= 15 is 0 Å². The van der Waals surface area contributed by atoms with Crippen LogP contribution in [0.5, 0.6) is 0 Å². The van der Waals surface area contributed by atoms with Crippen LogP contribution in [0.25, 0.3) is 0 Å². The van der Waals surface area contributed by atoms with Gasteiger partial charge in [0.2, 0.25) is 0 Å². The van der Waals surface area contributed by atoms with Crippen molar-refractivity contribution in [2.45, 2.75) is 25.8 Å². The number of hydrogen-bond donors (Lipinski definition) is 1. The maximum atomic E-state index is 5.90. The van der Waals surface area contributed by atoms with Crippen molar-refractivity contribution in [1.29, 1.82) is 0 Å². The first kappa shape index (κ1) is 12.2. The second-order valence-corrected chi connectivity index (χ2v) is 5.19. The summed E-state index contributed by atoms with van der Waals surface area (Å²) in [4.78, 5) is 0. The van der Waals surface area contributed by atoms with Crippen LogP contribution in [-0.2, 0) is 0 Å². The summed E-state index contributed by atoms with van der Waals surface area (Å²) in [5, 5.41) is 4.18. The number of allylic oxidation sites excluding steroid dienone is 1. The fourth-order valence-electron chi connectivity index (χ4n) is 1.96. The number of rotatable bonds is 0. The average molecular weight is 246 g/mol. The van der Waals surface area contributed by atoms with E-state index in [1.165, 1.54) is 5.57 Å². The highest BCUT2D eigenvalue weighted by molar-refractivity contribution is 6.30. The molecule has 0 radical (unpaired) electrons. The highest BCUT2D eigenvalue weighted by Crippen LogP contribution is 2.24. The van der Waals surface area contributed by atoms with Crippen LogP contribution in [-0.4, -0.2) is 12.1 Å². The zero-order chi connectivity index (χ0) is 12.3. The largest absolute Gasteiger partial charge is 0.308 e. The Morgan fingerprint density at radius 1 is 1.41 bits per heavy atom. The molecule has 88 valence electrons. The zero-order valence-corrected chi connectivity index (χ0v) is 10.9. The van der Waals surface area contributed by atoms with E-state index < -0.39 is 0 Å². The van der Waals surface area contributed by atoms with Crippen molar-refractivity contribution in [1.82, 2.24) is 5.32 Å². The van der Waals surface area contributed by atoms with Crippen LogP contribution in [0.3, 0.4) is 0 Å². The standard InChI is InChI=1S/C15H16ClN/c1-15(2)13(9-10-17-15)7-3-5-12-6-4-8-14(16)11-12/h4,6-8,11,17H,9-10H2,1-2H3/b13-7+. The van der Waals surface area contributed by atoms with Gasteiger partial charge in [-0.25, -0.2) is 0 Å². The lowest BCUT2D eigenvalue weighted by Crippen LogP contribution is -2.33. The van der Waals surface area contributed by atoms with Gasteiger partial charge in [-0.15, -0.1) is 0 Å². The van der Waals surface area contributed by atoms with E-state index in [1.54, 1.807) is 0 Å². The first-order valence-corrected chi connectivity index (χ1v) is 6.17. The van der Waals surface area contributed by atoms with E-state index in [-0.39, 0.29) is 5.54 Å². The molecule has 0 atom stereocenters. The molecular weight excluding hydrogens is 230 g/mol. The number of nitrogens with one attached hydrogen (secondary N) is 1. The van der Waals surface area contributed by atoms with Crippen molar-refractivity contribution in [3.05, 3.63) is 46.5 Å². The van der Waals surface area contributed by atoms with Gasteiger partial charge in [0.15, 0.2) is 0 Å². The molecule has 0 aliphatic carbocycles. The van der Waals surface area contributed by atoms with E-state index in [0.29, 0.717) is 0 Å². The average Bonchev–Trinajstić information content (AvgIpc) is 2.58. The van der Waals surface area contributed by atoms with E-state index in [4.69, 9.17) is 11.6 Å². The Bertz CT molecular complexity index is 503. The van der Waals surface area contributed by atoms with Crippen molar-refractivity contribution in [3.63, 3.8) is 0 Å². The van der Waals surface area contributed by atoms with E-state index in [2.05, 4.69) is 31.0 Å². The van der Waals surface area contributed by atoms with Gasteiger partial charge in [0.1, 0.15) is 0 Å². The molecule has 2 rings (SSSR count). The molecule has 0 unspecified atom stereocenters. The van der Waals surface area contributed by atoms with Crippen molar-refractivity contribution in [3.8, 4) is 11.8 Å². The summed E-state index contributed by atoms with van der Waals surface area (Å²) in [6.45, 7) is 5.41. The van der Waals surface area contributed by atoms with Crippen LogP contribution in [0, 0.1) is 11.8 Å². The fraction of sp³-hybridized carbons (Fsp3) is 0.333. The topological polar surface area (TPSA) is 12.0 Å². The second-order valence-electron chi connectivity index (χ2n) is 4.75. The van der Waals surface area contributed by atoms with Gasteiger partial charge in [0.05, 0.1) is 0 Å². The SMILES string of the molecule is CC1(C)NCC/C1=C\C#Cc1cccc(Cl)c1. The minimum Gasteiger partial charge on any atom is -0.308 e. The second kappa shape index (κ2) is 4.96. The zero-order valence-electron chi connectivity index (χ0n) is 10.2. The smallest absolute Gasteiger partial charge is 0.0418 e. The lowest BCUT2D eigenvalue weighted by atomic mass is 9.96. The molecule has 1 saturated heterocycles. The minimum absolute atomic E-state index is 0.0863. The molecule has 1 aromatic rings. The summed E-state index contributed by atoms with van der Waals surface area (Å²) in [5.41, 5.74) is 2.41. The number of benzene rings is 1. The van der Waals surface area contributed by atoms with Crippen LogP contribution in [0.4, 0.5) is 0 Å². The first-order chi connectivity index (χ1) is 8.08. The van der Waals surface area contributed by atoms with Crippen molar-refractivity contribution < 1.29 is 0 Å². The maximum absolute atomic E-state index is 5.90. The molecule has 1 aliphatic heterocycles. The monoisotopic (exact) mass is 245 g/mol. The molecule has 0 saturated carbocycles. The van der Waals surface area contributed by atoms with Gasteiger partial charge in [0.25, 0.3) is 0 Å². The van der Waals surface area contributed by atoms with Crippen molar-refractivity contribution in [2.75, 3.05) is 6.54 Å². The summed E-state index contributed by atoms with van der Waals surface area (Å²) in [5.74, 6) is 6.23. The Hall–Kier alpha value is -1.23. The van der Waals surface area contributed by atoms with Gasteiger partial charge in [-0.3, -0.25) is 0 Å². The molecule has 0 spiro atoms. The van der Waals surface area contributed by atoms with Crippen molar-refractivity contribution in [2.24, 2.45) is 0 Å². The molecule has 0 aromatic heterocycles. The first-order valence-electron chi connectivity index (χ1n) is 5.79. The van der Waals surface area contributed by atoms with Crippen LogP contribution in [0.1, 0.15) is 25.8 Å². The van der Waals surface area contributed by atoms with Gasteiger partial charge < -0.3 is 5.32 Å². The van der Waals surface area contributed by atoms with Gasteiger partial charge in [-0.05, 0) is 56.7 Å². The Labute approximate surface area is 108 Å². The third-order valence-corrected chi connectivity index (χ3v) is 3.29. The molecule has 1 heterocycles. The molecule has 0 bridgehead atoms. The van der Waals surface area contributed by atoms with Crippen LogP contribution < -0.4 is 5.32 Å². The molecule has 17 heavy (non-hydrogen) atoms. The number of halogens is 1. The maximum Gasteiger partial charge on any atom is 0.0418 e. The van der Waals surface area contributed by atoms with E-state index in [9.17, 15) is 0 Å². The molecule has 0 amide bonds. The van der Waals surface area contributed by atoms with Gasteiger partial charge in [-0.2, -0.15) is 0 Å². The summed E-state index contributed by atoms with van der Waals surface area (Å²) in [6.07, 6.45) is 3.11. The number of hydrogen-bond acceptors (Lipinski definition) is 1. The Morgan fingerprint density at radius 3 is 2.88 bits per heavy atom. The molecule has 1 N–H and O–H groups in total. The fourth-order valence-corrected chi connectivity index (χ4v) is 2.15. The Morgan fingerprint density at radius 2 is 2.24 bits per heavy atom. The lowest BCUT2D eigenvalue weighted by Gasteiger charge is -2.19. The quantitative estimate of drug-likeness (QED) is 0.691. The van der Waals surface area contributed by atoms with E-state index in [1.807, 2.05) is 30.3 Å². The summed E-state index contributed by atoms with van der Waals surface area (Å²) < 4.78 is 0. The van der Waals surface area contributed by atoms with Crippen LogP contribution >= 0.6 is 11.6 Å². The van der Waals surface area contributed by atoms with Crippen LogP contribution in [0.15, 0.2) is 35.9 Å². The minimum atomic E-state index is 0.0863. The summed E-state index contributed by atoms with van der Waals surface area (Å²) >= 11 is 5.90. The molecule has 1 aromatic carbocycles. The highest BCUT2D eigenvalue weighted by atomic mass is 35.5. The summed E-state index contributed by atoms with van der Waals surface area (Å²) in [7, 11) is 0. The highest BCUT2D eigenvalue weighted by Gasteiger charge is 2.27. The Kier molecular flexibility index (Phi) is 3.57. The van der Waals surface area contributed by atoms with E-state index in [0.717, 1.165) is 23.6 Å². The van der Waals surface area contributed by atoms with Gasteiger partial charge >= 0.3 is 0 Å². The third-order valence-electron chi connectivity index (χ3n) is 3.05. The predicted molar refractivity (Wildman–Crippen MR) is 73.1 cm³/mol. The molecule has 1 nitrogen and oxygen atoms in total. The molecular formula is C15H16ClN. The summed E-state index contributed by atoms with van der Waals surface area (Å²) in [6, 6.07) is 7.62. The third kappa shape index (κ3) is 3.12. The molecule has 1 aliphatic rings. The lowest BCUT2D eigenvalue weighted by molar-refractivity contribution is 0.528. The Balaban J connectivity index is 2.16. The predicted octanol–water partition coefficient (Wildman–Crippen LogP) is 3.39. The van der Waals surface area contributed by atoms with Gasteiger partial charge in [-0.1, -0.05) is 29.5 Å². The van der Waals surface area contributed by atoms with Crippen LogP contribution in [0.2, 0.25) is 5.02 Å².